The Labute approximate surface area is 87.4 Å². The first-order chi connectivity index (χ1) is 6.69. The van der Waals surface area contributed by atoms with E-state index < -0.39 is 0 Å². The van der Waals surface area contributed by atoms with Crippen molar-refractivity contribution in [2.45, 2.75) is 39.5 Å². The summed E-state index contributed by atoms with van der Waals surface area (Å²) in [6.45, 7) is 6.42. The van der Waals surface area contributed by atoms with Crippen LogP contribution in [0.5, 0.6) is 0 Å². The van der Waals surface area contributed by atoms with Crippen LogP contribution in [0.2, 0.25) is 0 Å². The summed E-state index contributed by atoms with van der Waals surface area (Å²) in [6.07, 6.45) is 7.79. The van der Waals surface area contributed by atoms with E-state index in [0.29, 0.717) is 5.92 Å². The maximum atomic E-state index is 5.56. The topological polar surface area (TPSA) is 0 Å². The summed E-state index contributed by atoms with van der Waals surface area (Å²) >= 11 is 0. The minimum atomic E-state index is 0.292. The second-order valence-electron chi connectivity index (χ2n) is 3.87. The maximum absolute atomic E-state index is 5.56. The van der Waals surface area contributed by atoms with Crippen LogP contribution >= 0.6 is 0 Å². The van der Waals surface area contributed by atoms with Gasteiger partial charge in [0.2, 0.25) is 0 Å². The van der Waals surface area contributed by atoms with E-state index in [9.17, 15) is 0 Å². The monoisotopic (exact) mass is 186 g/mol. The van der Waals surface area contributed by atoms with E-state index >= 15 is 0 Å². The zero-order chi connectivity index (χ0) is 10.6. The molecule has 74 valence electrons. The molecule has 0 aromatic heterocycles. The van der Waals surface area contributed by atoms with Gasteiger partial charge in [-0.15, -0.1) is 6.42 Å². The molecule has 1 aromatic rings. The quantitative estimate of drug-likeness (QED) is 0.629. The molecule has 0 aliphatic heterocycles. The first kappa shape index (κ1) is 10.9. The van der Waals surface area contributed by atoms with Gasteiger partial charge in [-0.05, 0) is 31.4 Å². The maximum Gasteiger partial charge on any atom is 0.0452 e. The van der Waals surface area contributed by atoms with E-state index in [2.05, 4.69) is 44.9 Å². The molecule has 0 saturated heterocycles. The van der Waals surface area contributed by atoms with Gasteiger partial charge in [0.1, 0.15) is 0 Å². The van der Waals surface area contributed by atoms with Gasteiger partial charge in [-0.1, -0.05) is 43.0 Å². The summed E-state index contributed by atoms with van der Waals surface area (Å²) in [5.41, 5.74) is 3.93. The normalized spacial score (nSPS) is 12.1. The van der Waals surface area contributed by atoms with Crippen molar-refractivity contribution >= 4 is 0 Å². The van der Waals surface area contributed by atoms with Gasteiger partial charge in [0.05, 0.1) is 0 Å². The van der Waals surface area contributed by atoms with Crippen molar-refractivity contribution in [3.8, 4) is 12.3 Å². The fourth-order valence-electron chi connectivity index (χ4n) is 1.75. The van der Waals surface area contributed by atoms with Crippen molar-refractivity contribution in [2.75, 3.05) is 0 Å². The van der Waals surface area contributed by atoms with Crippen molar-refractivity contribution in [1.82, 2.24) is 0 Å². The van der Waals surface area contributed by atoms with Crippen molar-refractivity contribution < 1.29 is 0 Å². The minimum Gasteiger partial charge on any atom is -0.119 e. The molecule has 0 heteroatoms. The average molecular weight is 186 g/mol. The highest BCUT2D eigenvalue weighted by atomic mass is 14.1. The molecule has 0 fully saturated rings. The molecule has 0 radical (unpaired) electrons. The fourth-order valence-corrected chi connectivity index (χ4v) is 1.75. The molecule has 1 rings (SSSR count). The predicted octanol–water partition coefficient (Wildman–Crippen LogP) is 3.82. The molecule has 0 saturated carbocycles. The fraction of sp³-hybridized carbons (Fsp3) is 0.429. The van der Waals surface area contributed by atoms with Crippen molar-refractivity contribution in [1.29, 1.82) is 0 Å². The van der Waals surface area contributed by atoms with E-state index in [1.165, 1.54) is 16.7 Å². The zero-order valence-corrected chi connectivity index (χ0v) is 9.30. The van der Waals surface area contributed by atoms with Gasteiger partial charge in [-0.2, -0.15) is 0 Å². The number of benzene rings is 1. The molecule has 0 aliphatic rings. The van der Waals surface area contributed by atoms with E-state index in [4.69, 9.17) is 6.42 Å². The van der Waals surface area contributed by atoms with Crippen LogP contribution in [-0.2, 0) is 0 Å². The molecule has 0 nitrogen and oxygen atoms in total. The van der Waals surface area contributed by atoms with E-state index in [1.54, 1.807) is 0 Å². The highest BCUT2D eigenvalue weighted by molar-refractivity contribution is 5.36. The third-order valence-corrected chi connectivity index (χ3v) is 2.59. The Morgan fingerprint density at radius 3 is 2.64 bits per heavy atom. The standard InChI is InChI=1S/C14H18/c1-5-7-13(6-2)14-10-11(3)8-9-12(14)4/h2,8-10,13H,5,7H2,1,3-4H3. The number of rotatable bonds is 3. The minimum absolute atomic E-state index is 0.292. The molecule has 1 unspecified atom stereocenters. The largest absolute Gasteiger partial charge is 0.119 e. The number of terminal acetylenes is 1. The molecular weight excluding hydrogens is 168 g/mol. The molecule has 14 heavy (non-hydrogen) atoms. The molecular formula is C14H18. The van der Waals surface area contributed by atoms with Crippen LogP contribution in [-0.4, -0.2) is 0 Å². The number of hydrogen-bond acceptors (Lipinski definition) is 0. The highest BCUT2D eigenvalue weighted by Gasteiger charge is 2.09. The summed E-state index contributed by atoms with van der Waals surface area (Å²) in [6, 6.07) is 6.51. The first-order valence-corrected chi connectivity index (χ1v) is 5.22. The summed E-state index contributed by atoms with van der Waals surface area (Å²) < 4.78 is 0. The van der Waals surface area contributed by atoms with Crippen LogP contribution in [0.4, 0.5) is 0 Å². The second-order valence-corrected chi connectivity index (χ2v) is 3.87. The van der Waals surface area contributed by atoms with Crippen LogP contribution in [0.15, 0.2) is 18.2 Å². The summed E-state index contributed by atoms with van der Waals surface area (Å²) in [4.78, 5) is 0. The Hall–Kier alpha value is -1.22. The number of aryl methyl sites for hydroxylation is 2. The molecule has 1 atom stereocenters. The van der Waals surface area contributed by atoms with Gasteiger partial charge in [0.15, 0.2) is 0 Å². The SMILES string of the molecule is C#CC(CCC)c1cc(C)ccc1C. The third-order valence-electron chi connectivity index (χ3n) is 2.59. The molecule has 0 aliphatic carbocycles. The molecule has 0 amide bonds. The summed E-state index contributed by atoms with van der Waals surface area (Å²) in [7, 11) is 0. The van der Waals surface area contributed by atoms with Gasteiger partial charge in [-0.3, -0.25) is 0 Å². The van der Waals surface area contributed by atoms with Crippen molar-refractivity contribution in [3.05, 3.63) is 34.9 Å². The molecule has 0 heterocycles. The predicted molar refractivity (Wildman–Crippen MR) is 62.4 cm³/mol. The second kappa shape index (κ2) is 4.86. The zero-order valence-electron chi connectivity index (χ0n) is 9.30. The smallest absolute Gasteiger partial charge is 0.0452 e. The van der Waals surface area contributed by atoms with Crippen LogP contribution in [0.1, 0.15) is 42.4 Å². The molecule has 0 spiro atoms. The molecule has 1 aromatic carbocycles. The first-order valence-electron chi connectivity index (χ1n) is 5.22. The highest BCUT2D eigenvalue weighted by Crippen LogP contribution is 2.24. The van der Waals surface area contributed by atoms with E-state index in [0.717, 1.165) is 12.8 Å². The molecule has 0 N–H and O–H groups in total. The van der Waals surface area contributed by atoms with E-state index in [1.807, 2.05) is 0 Å². The van der Waals surface area contributed by atoms with Gasteiger partial charge < -0.3 is 0 Å². The summed E-state index contributed by atoms with van der Waals surface area (Å²) in [5.74, 6) is 3.18. The van der Waals surface area contributed by atoms with Crippen LogP contribution < -0.4 is 0 Å². The van der Waals surface area contributed by atoms with Crippen molar-refractivity contribution in [2.24, 2.45) is 0 Å². The lowest BCUT2D eigenvalue weighted by atomic mass is 9.91. The Morgan fingerprint density at radius 1 is 1.36 bits per heavy atom. The Morgan fingerprint density at radius 2 is 2.07 bits per heavy atom. The van der Waals surface area contributed by atoms with E-state index in [-0.39, 0.29) is 0 Å². The lowest BCUT2D eigenvalue weighted by Crippen LogP contribution is -1.98. The lowest BCUT2D eigenvalue weighted by Gasteiger charge is -2.13. The van der Waals surface area contributed by atoms with Gasteiger partial charge in [0, 0.05) is 5.92 Å². The average Bonchev–Trinajstić information content (AvgIpc) is 2.18. The third kappa shape index (κ3) is 2.39. The molecule has 0 bridgehead atoms. The number of hydrogen-bond donors (Lipinski definition) is 0. The Balaban J connectivity index is 3.03. The van der Waals surface area contributed by atoms with Gasteiger partial charge >= 0.3 is 0 Å². The van der Waals surface area contributed by atoms with Crippen LogP contribution in [0.3, 0.4) is 0 Å². The van der Waals surface area contributed by atoms with Gasteiger partial charge in [-0.25, -0.2) is 0 Å². The van der Waals surface area contributed by atoms with Crippen molar-refractivity contribution in [3.63, 3.8) is 0 Å². The van der Waals surface area contributed by atoms with Crippen LogP contribution in [0, 0.1) is 26.2 Å². The Bertz CT molecular complexity index is 342. The van der Waals surface area contributed by atoms with Crippen LogP contribution in [0.25, 0.3) is 0 Å². The lowest BCUT2D eigenvalue weighted by molar-refractivity contribution is 0.730. The summed E-state index contributed by atoms with van der Waals surface area (Å²) in [5, 5.41) is 0. The van der Waals surface area contributed by atoms with Gasteiger partial charge in [0.25, 0.3) is 0 Å². The Kier molecular flexibility index (Phi) is 3.77.